The van der Waals surface area contributed by atoms with Gasteiger partial charge in [-0.05, 0) is 42.0 Å². The Kier molecular flexibility index (Phi) is 6.73. The van der Waals surface area contributed by atoms with Crippen LogP contribution in [0.2, 0.25) is 0 Å². The summed E-state index contributed by atoms with van der Waals surface area (Å²) in [5.74, 6) is 1.44. The maximum Gasteiger partial charge on any atom is 0.150 e. The van der Waals surface area contributed by atoms with Crippen LogP contribution < -0.4 is 9.64 Å². The Morgan fingerprint density at radius 1 is 1.21 bits per heavy atom. The molecule has 28 heavy (non-hydrogen) atoms. The molecule has 2 heterocycles. The fourth-order valence-corrected chi connectivity index (χ4v) is 3.35. The van der Waals surface area contributed by atoms with Crippen molar-refractivity contribution in [1.82, 2.24) is 9.97 Å². The summed E-state index contributed by atoms with van der Waals surface area (Å²) >= 11 is 1.52. The van der Waals surface area contributed by atoms with Crippen LogP contribution in [0, 0.1) is 0 Å². The molecule has 1 aromatic carbocycles. The predicted octanol–water partition coefficient (Wildman–Crippen LogP) is 4.19. The number of hydrogen-bond donors (Lipinski definition) is 1. The van der Waals surface area contributed by atoms with E-state index < -0.39 is 12.8 Å². The number of allylic oxidation sites excluding steroid dienone is 2. The first kappa shape index (κ1) is 20.0. The zero-order valence-corrected chi connectivity index (χ0v) is 16.6. The number of pyridine rings is 1. The third-order valence-electron chi connectivity index (χ3n) is 3.92. The lowest BCUT2D eigenvalue weighted by Gasteiger charge is -2.12. The van der Waals surface area contributed by atoms with Gasteiger partial charge in [-0.25, -0.2) is 14.4 Å². The van der Waals surface area contributed by atoms with Crippen LogP contribution in [0.5, 0.6) is 5.75 Å². The summed E-state index contributed by atoms with van der Waals surface area (Å²) in [7, 11) is 3.92. The number of halogens is 1. The number of benzene rings is 1. The molecule has 0 spiro atoms. The molecule has 5 nitrogen and oxygen atoms in total. The number of fused-ring (bicyclic) bond motifs is 1. The van der Waals surface area contributed by atoms with Gasteiger partial charge in [0, 0.05) is 20.3 Å². The number of nitrogens with zero attached hydrogens (tertiary/aromatic N) is 3. The van der Waals surface area contributed by atoms with E-state index in [1.807, 2.05) is 73.8 Å². The van der Waals surface area contributed by atoms with E-state index in [-0.39, 0.29) is 6.61 Å². The SMILES string of the molecule is CN(C)c1ccc(/C=C/C=C/c2nc3ccc(OC(CO)CF)cc3s2)cn1. The minimum Gasteiger partial charge on any atom is -0.485 e. The van der Waals surface area contributed by atoms with E-state index >= 15 is 0 Å². The van der Waals surface area contributed by atoms with Crippen molar-refractivity contribution in [3.05, 3.63) is 59.3 Å². The van der Waals surface area contributed by atoms with Gasteiger partial charge in [-0.1, -0.05) is 18.2 Å². The van der Waals surface area contributed by atoms with Crippen LogP contribution in [-0.2, 0) is 0 Å². The first-order valence-electron chi connectivity index (χ1n) is 8.81. The largest absolute Gasteiger partial charge is 0.485 e. The second-order valence-electron chi connectivity index (χ2n) is 6.32. The molecule has 1 atom stereocenters. The van der Waals surface area contributed by atoms with Crippen LogP contribution in [-0.4, -0.2) is 48.6 Å². The molecule has 0 bridgehead atoms. The van der Waals surface area contributed by atoms with Crippen molar-refractivity contribution in [2.24, 2.45) is 0 Å². The van der Waals surface area contributed by atoms with Crippen molar-refractivity contribution < 1.29 is 14.2 Å². The summed E-state index contributed by atoms with van der Waals surface area (Å²) in [6.45, 7) is -1.09. The number of rotatable bonds is 8. The standard InChI is InChI=1S/C21H22FN3O2S/c1-25(2)20-10-7-15(13-23-20)5-3-4-6-21-24-18-9-8-16(11-19(18)28-21)27-17(12-22)14-26/h3-11,13,17,26H,12,14H2,1-2H3/b5-3+,6-4+. The lowest BCUT2D eigenvalue weighted by Crippen LogP contribution is -2.23. The second-order valence-corrected chi connectivity index (χ2v) is 7.38. The zero-order valence-electron chi connectivity index (χ0n) is 15.7. The Hall–Kier alpha value is -2.77. The molecule has 0 saturated carbocycles. The zero-order chi connectivity index (χ0) is 19.9. The third kappa shape index (κ3) is 5.15. The smallest absolute Gasteiger partial charge is 0.150 e. The molecule has 0 aliphatic rings. The van der Waals surface area contributed by atoms with E-state index in [0.29, 0.717) is 5.75 Å². The first-order chi connectivity index (χ1) is 13.6. The van der Waals surface area contributed by atoms with Crippen molar-refractivity contribution in [2.45, 2.75) is 6.10 Å². The second kappa shape index (κ2) is 9.43. The number of anilines is 1. The van der Waals surface area contributed by atoms with Gasteiger partial charge in [-0.2, -0.15) is 0 Å². The van der Waals surface area contributed by atoms with Crippen molar-refractivity contribution in [1.29, 1.82) is 0 Å². The number of hydrogen-bond acceptors (Lipinski definition) is 6. The minimum atomic E-state index is -0.837. The van der Waals surface area contributed by atoms with E-state index in [1.165, 1.54) is 11.3 Å². The molecule has 0 saturated heterocycles. The van der Waals surface area contributed by atoms with Gasteiger partial charge in [0.05, 0.1) is 16.8 Å². The topological polar surface area (TPSA) is 58.5 Å². The van der Waals surface area contributed by atoms with Gasteiger partial charge in [0.25, 0.3) is 0 Å². The molecule has 0 fully saturated rings. The van der Waals surface area contributed by atoms with Crippen LogP contribution in [0.25, 0.3) is 22.4 Å². The highest BCUT2D eigenvalue weighted by atomic mass is 32.1. The Bertz CT molecular complexity index is 963. The molecule has 0 radical (unpaired) electrons. The number of thiazole rings is 1. The molecule has 0 aliphatic heterocycles. The quantitative estimate of drug-likeness (QED) is 0.576. The van der Waals surface area contributed by atoms with E-state index in [9.17, 15) is 4.39 Å². The first-order valence-corrected chi connectivity index (χ1v) is 9.63. The molecular weight excluding hydrogens is 377 g/mol. The van der Waals surface area contributed by atoms with Gasteiger partial charge in [0.15, 0.2) is 0 Å². The van der Waals surface area contributed by atoms with Crippen LogP contribution >= 0.6 is 11.3 Å². The summed E-state index contributed by atoms with van der Waals surface area (Å²) < 4.78 is 19.1. The average molecular weight is 399 g/mol. The molecule has 1 unspecified atom stereocenters. The predicted molar refractivity (Wildman–Crippen MR) is 114 cm³/mol. The van der Waals surface area contributed by atoms with Gasteiger partial charge in [-0.15, -0.1) is 11.3 Å². The summed E-state index contributed by atoms with van der Waals surface area (Å²) in [6, 6.07) is 9.37. The number of aliphatic hydroxyl groups is 1. The van der Waals surface area contributed by atoms with Gasteiger partial charge < -0.3 is 14.7 Å². The average Bonchev–Trinajstić information content (AvgIpc) is 3.11. The van der Waals surface area contributed by atoms with Crippen molar-refractivity contribution in [2.75, 3.05) is 32.3 Å². The highest BCUT2D eigenvalue weighted by molar-refractivity contribution is 7.19. The van der Waals surface area contributed by atoms with Gasteiger partial charge in [-0.3, -0.25) is 0 Å². The molecule has 3 rings (SSSR count). The molecule has 1 N–H and O–H groups in total. The fourth-order valence-electron chi connectivity index (χ4n) is 2.44. The number of alkyl halides is 1. The Labute approximate surface area is 167 Å². The van der Waals surface area contributed by atoms with Gasteiger partial charge >= 0.3 is 0 Å². The van der Waals surface area contributed by atoms with Crippen molar-refractivity contribution in [3.8, 4) is 5.75 Å². The Morgan fingerprint density at radius 2 is 2.04 bits per heavy atom. The molecule has 2 aromatic heterocycles. The van der Waals surface area contributed by atoms with Crippen LogP contribution in [0.3, 0.4) is 0 Å². The molecule has 3 aromatic rings. The fraction of sp³-hybridized carbons (Fsp3) is 0.238. The summed E-state index contributed by atoms with van der Waals surface area (Å²) in [5, 5.41) is 9.91. The summed E-state index contributed by atoms with van der Waals surface area (Å²) in [4.78, 5) is 10.9. The minimum absolute atomic E-state index is 0.356. The monoisotopic (exact) mass is 399 g/mol. The van der Waals surface area contributed by atoms with Crippen LogP contribution in [0.4, 0.5) is 10.2 Å². The normalized spacial score (nSPS) is 12.9. The van der Waals surface area contributed by atoms with Gasteiger partial charge in [0.1, 0.15) is 29.4 Å². The molecule has 7 heteroatoms. The van der Waals surface area contributed by atoms with Crippen LogP contribution in [0.15, 0.2) is 48.7 Å². The molecule has 0 amide bonds. The van der Waals surface area contributed by atoms with Crippen LogP contribution in [0.1, 0.15) is 10.6 Å². The molecule has 0 aliphatic carbocycles. The summed E-state index contributed by atoms with van der Waals surface area (Å²) in [5.41, 5.74) is 1.87. The molecular formula is C21H22FN3O2S. The van der Waals surface area contributed by atoms with E-state index in [0.717, 1.165) is 26.6 Å². The van der Waals surface area contributed by atoms with Crippen molar-refractivity contribution >= 4 is 39.5 Å². The lowest BCUT2D eigenvalue weighted by molar-refractivity contribution is 0.0933. The Morgan fingerprint density at radius 3 is 2.71 bits per heavy atom. The maximum atomic E-state index is 12.7. The number of ether oxygens (including phenoxy) is 1. The van der Waals surface area contributed by atoms with Gasteiger partial charge in [0.2, 0.25) is 0 Å². The number of aliphatic hydroxyl groups excluding tert-OH is 1. The highest BCUT2D eigenvalue weighted by Gasteiger charge is 2.10. The van der Waals surface area contributed by atoms with E-state index in [1.54, 1.807) is 6.07 Å². The van der Waals surface area contributed by atoms with E-state index in [4.69, 9.17) is 9.84 Å². The summed E-state index contributed by atoms with van der Waals surface area (Å²) in [6.07, 6.45) is 8.78. The third-order valence-corrected chi connectivity index (χ3v) is 4.91. The van der Waals surface area contributed by atoms with E-state index in [2.05, 4.69) is 9.97 Å². The lowest BCUT2D eigenvalue weighted by atomic mass is 10.2. The molecule has 146 valence electrons. The Balaban J connectivity index is 1.66. The maximum absolute atomic E-state index is 12.7. The highest BCUT2D eigenvalue weighted by Crippen LogP contribution is 2.27. The number of aromatic nitrogens is 2. The van der Waals surface area contributed by atoms with Crippen molar-refractivity contribution in [3.63, 3.8) is 0 Å².